The standard InChI is InChI=1S/C14H32N4.C12H26O2.2C12H24O2.CH4.4H2N.2Pt/c15-9-5-1-3-7-11-17-13-14-18-12-8-4-2-6-10-16;1-2-3-4-5-6-7-8-9-10-11-12-14-13;2*1-2-3-4-5-6-7-8-9-10-11-12(13)14;;;;;;;/h15-18H,1-14H2;13H,2-12H2,1H3;2*2-11H2,1H3,(H,13,14);1H4;4*1H2;;/q-2;;;;;4*-1;2*+4/p+1. The average molecular weight is 1330 g/mol. The smallest absolute Gasteiger partial charge is 0.693 e. The summed E-state index contributed by atoms with van der Waals surface area (Å²) in [4.78, 5) is 24.3. The van der Waals surface area contributed by atoms with Gasteiger partial charge in [-0.25, -0.2) is 4.89 Å². The molecule has 0 saturated carbocycles. The number of carbonyl (C=O) groups excluding carboxylic acids is 1. The number of hydrogen-bond acceptors (Lipinski definition) is 5. The molecule has 0 heterocycles. The summed E-state index contributed by atoms with van der Waals surface area (Å²) in [6, 6.07) is 0. The zero-order valence-corrected chi connectivity index (χ0v) is 48.0. The van der Waals surface area contributed by atoms with Crippen LogP contribution < -0.4 is 15.7 Å². The Labute approximate surface area is 446 Å². The molecule has 416 valence electrons. The summed E-state index contributed by atoms with van der Waals surface area (Å²) in [5.41, 5.74) is 14.1. The van der Waals surface area contributed by atoms with Gasteiger partial charge in [0.05, 0.1) is 19.7 Å². The van der Waals surface area contributed by atoms with Crippen LogP contribution in [0.25, 0.3) is 36.1 Å². The summed E-state index contributed by atoms with van der Waals surface area (Å²) < 4.78 is 0. The number of rotatable bonds is 46. The summed E-state index contributed by atoms with van der Waals surface area (Å²) in [5.74, 6) is -1.57. The van der Waals surface area contributed by atoms with Gasteiger partial charge >= 0.3 is 48.1 Å². The molecule has 16 heteroatoms. The van der Waals surface area contributed by atoms with Crippen LogP contribution in [0.3, 0.4) is 0 Å². The first kappa shape index (κ1) is 93.0. The fraction of sp³-hybridized carbons (Fsp3) is 0.961. The number of hydrogen-bond donors (Lipinski definition) is 4. The molecule has 0 atom stereocenters. The van der Waals surface area contributed by atoms with Crippen LogP contribution in [0.2, 0.25) is 0 Å². The van der Waals surface area contributed by atoms with Crippen molar-refractivity contribution in [3.8, 4) is 0 Å². The largest absolute Gasteiger partial charge is 4.00 e. The van der Waals surface area contributed by atoms with E-state index >= 15 is 0 Å². The molecule has 0 bridgehead atoms. The molecular weight excluding hydrogens is 1210 g/mol. The second-order valence-electron chi connectivity index (χ2n) is 17.0. The number of carbonyl (C=O) groups is 2. The minimum absolute atomic E-state index is 0. The molecule has 0 radical (unpaired) electrons. The first-order valence-electron chi connectivity index (χ1n) is 26.0. The number of aliphatic carboxylic acids is 2. The van der Waals surface area contributed by atoms with Gasteiger partial charge in [0, 0.05) is 12.4 Å². The van der Waals surface area contributed by atoms with E-state index in [-0.39, 0.29) is 80.6 Å². The monoisotopic (exact) mass is 1330 g/mol. The van der Waals surface area contributed by atoms with E-state index in [9.17, 15) is 14.7 Å². The number of nitrogens with two attached hydrogens (primary N) is 6. The van der Waals surface area contributed by atoms with Crippen molar-refractivity contribution in [1.29, 1.82) is 0 Å². The summed E-state index contributed by atoms with van der Waals surface area (Å²) in [6.07, 6.45) is 45.6. The molecule has 0 saturated heterocycles. The molecular formula is C51H119N8O6Pt2+3. The van der Waals surface area contributed by atoms with E-state index in [0.717, 1.165) is 44.9 Å². The van der Waals surface area contributed by atoms with Gasteiger partial charge in [0.2, 0.25) is 0 Å². The van der Waals surface area contributed by atoms with Crippen molar-refractivity contribution in [1.82, 2.24) is 0 Å². The van der Waals surface area contributed by atoms with Crippen molar-refractivity contribution in [2.75, 3.05) is 45.9 Å². The normalized spacial score (nSPS) is 9.52. The predicted molar refractivity (Wildman–Crippen MR) is 283 cm³/mol. The van der Waals surface area contributed by atoms with Crippen LogP contribution in [0.5, 0.6) is 0 Å². The maximum Gasteiger partial charge on any atom is 4.00 e. The van der Waals surface area contributed by atoms with E-state index in [1.165, 1.54) is 212 Å². The van der Waals surface area contributed by atoms with Crippen LogP contribution in [0, 0.1) is 0 Å². The van der Waals surface area contributed by atoms with Crippen molar-refractivity contribution >= 4 is 11.9 Å². The van der Waals surface area contributed by atoms with Crippen LogP contribution in [-0.4, -0.2) is 68.2 Å². The Morgan fingerprint density at radius 1 is 0.418 bits per heavy atom. The van der Waals surface area contributed by atoms with E-state index in [1.54, 1.807) is 0 Å². The molecule has 0 aromatic heterocycles. The molecule has 0 unspecified atom stereocenters. The number of unbranched alkanes of at least 4 members (excludes halogenated alkanes) is 31. The van der Waals surface area contributed by atoms with Crippen molar-refractivity contribution in [2.45, 2.75) is 272 Å². The maximum atomic E-state index is 10.2. The Morgan fingerprint density at radius 3 is 0.940 bits per heavy atom. The van der Waals surface area contributed by atoms with E-state index < -0.39 is 11.9 Å². The first-order valence-corrected chi connectivity index (χ1v) is 26.0. The number of carboxylic acids is 2. The van der Waals surface area contributed by atoms with Crippen LogP contribution in [0.1, 0.15) is 272 Å². The van der Waals surface area contributed by atoms with Gasteiger partial charge in [-0.1, -0.05) is 214 Å². The number of nitrogens with one attached hydrogen (secondary N) is 2. The number of carboxylic acid groups (broad SMARTS) is 2. The Balaban J connectivity index is -0.0000000674. The Hall–Kier alpha value is -0.0834. The number of quaternary nitrogens is 2. The molecule has 0 spiro atoms. The zero-order chi connectivity index (χ0) is 45.1. The van der Waals surface area contributed by atoms with Crippen LogP contribution >= 0.6 is 0 Å². The van der Waals surface area contributed by atoms with E-state index in [2.05, 4.69) is 36.3 Å². The second kappa shape index (κ2) is 95.6. The van der Waals surface area contributed by atoms with Gasteiger partial charge in [-0.15, -0.1) is 0 Å². The Morgan fingerprint density at radius 2 is 0.672 bits per heavy atom. The summed E-state index contributed by atoms with van der Waals surface area (Å²) in [6.45, 7) is 13.4. The van der Waals surface area contributed by atoms with Crippen LogP contribution in [-0.2, 0) is 56.6 Å². The van der Waals surface area contributed by atoms with Crippen molar-refractivity contribution < 1.29 is 82.7 Å². The third-order valence-corrected chi connectivity index (χ3v) is 10.8. The SMILES string of the molecule is C.CCCCCCCCCCCC(=O)O.CCCCCCCCCCCC(=O)[O-].CCCCCCCCCCCCOO.[NH-]CCCCCC[NH2+]CC[NH2+]CCCCCC[NH-].[NH2-].[NH2-].[NH2-].[NH2-].[Pt+4].[Pt+4]. The molecule has 0 amide bonds. The summed E-state index contributed by atoms with van der Waals surface area (Å²) >= 11 is 0. The minimum Gasteiger partial charge on any atom is -0.693 e. The van der Waals surface area contributed by atoms with Gasteiger partial charge in [-0.2, -0.15) is 13.1 Å². The molecule has 67 heavy (non-hydrogen) atoms. The third-order valence-electron chi connectivity index (χ3n) is 10.8. The van der Waals surface area contributed by atoms with Gasteiger partial charge in [-0.05, 0) is 51.4 Å². The topological polar surface area (TPSA) is 322 Å². The summed E-state index contributed by atoms with van der Waals surface area (Å²) in [5, 5.41) is 31.5. The second-order valence-corrected chi connectivity index (χ2v) is 17.0. The Bertz CT molecular complexity index is 716. The van der Waals surface area contributed by atoms with Gasteiger partial charge in [0.15, 0.2) is 0 Å². The fourth-order valence-corrected chi connectivity index (χ4v) is 6.88. The zero-order valence-electron chi connectivity index (χ0n) is 43.4. The quantitative estimate of drug-likeness (QED) is 0.0261. The molecule has 0 rings (SSSR count). The van der Waals surface area contributed by atoms with Crippen LogP contribution in [0.4, 0.5) is 0 Å². The van der Waals surface area contributed by atoms with Crippen molar-refractivity contribution in [3.05, 3.63) is 36.1 Å². The third kappa shape index (κ3) is 117. The molecule has 14 nitrogen and oxygen atoms in total. The van der Waals surface area contributed by atoms with Gasteiger partial charge in [0.1, 0.15) is 13.1 Å². The molecule has 0 aliphatic rings. The fourth-order valence-electron chi connectivity index (χ4n) is 6.88. The molecule has 0 fully saturated rings. The Kier molecular flexibility index (Phi) is 133. The molecule has 0 aromatic carbocycles. The van der Waals surface area contributed by atoms with Gasteiger partial charge < -0.3 is 61.7 Å². The van der Waals surface area contributed by atoms with Gasteiger partial charge in [0.25, 0.3) is 0 Å². The van der Waals surface area contributed by atoms with Gasteiger partial charge in [-0.3, -0.25) is 10.1 Å². The molecule has 0 aliphatic heterocycles. The first-order chi connectivity index (χ1) is 29.4. The van der Waals surface area contributed by atoms with Crippen molar-refractivity contribution in [2.24, 2.45) is 0 Å². The minimum atomic E-state index is -0.909. The van der Waals surface area contributed by atoms with Crippen molar-refractivity contribution in [3.63, 3.8) is 0 Å². The molecule has 0 aromatic rings. The van der Waals surface area contributed by atoms with Crippen LogP contribution in [0.15, 0.2) is 0 Å². The predicted octanol–water partition coefficient (Wildman–Crippen LogP) is 15.9. The maximum absolute atomic E-state index is 10.2. The molecule has 16 N–H and O–H groups in total. The van der Waals surface area contributed by atoms with E-state index in [4.69, 9.17) is 21.8 Å². The van der Waals surface area contributed by atoms with E-state index in [0.29, 0.717) is 26.1 Å². The summed E-state index contributed by atoms with van der Waals surface area (Å²) in [7, 11) is 0. The molecule has 0 aliphatic carbocycles. The average Bonchev–Trinajstić information content (AvgIpc) is 3.24. The van der Waals surface area contributed by atoms with E-state index in [1.807, 2.05) is 0 Å².